The largest absolute Gasteiger partial charge is 0.445 e. The van der Waals surface area contributed by atoms with Crippen molar-refractivity contribution in [3.63, 3.8) is 0 Å². The molecular weight excluding hydrogens is 422 g/mol. The van der Waals surface area contributed by atoms with Gasteiger partial charge in [0.15, 0.2) is 0 Å². The number of rotatable bonds is 13. The number of ether oxygens (including phenoxy) is 1. The second kappa shape index (κ2) is 15.6. The van der Waals surface area contributed by atoms with E-state index in [1.807, 2.05) is 70.2 Å². The number of nitrogens with one attached hydrogen (secondary N) is 3. The van der Waals surface area contributed by atoms with Gasteiger partial charge in [-0.3, -0.25) is 9.59 Å². The highest BCUT2D eigenvalue weighted by atomic mass is 16.5. The normalized spacial score (nSPS) is 15.8. The second-order valence-corrected chi connectivity index (χ2v) is 8.33. The lowest BCUT2D eigenvalue weighted by atomic mass is 10.0. The molecular formula is C25H37N3O5. The summed E-state index contributed by atoms with van der Waals surface area (Å²) in [5.74, 6) is -0.689. The molecule has 3 atom stereocenters. The van der Waals surface area contributed by atoms with E-state index in [0.717, 1.165) is 12.0 Å². The molecule has 0 fully saturated rings. The third-order valence-electron chi connectivity index (χ3n) is 4.82. The topological polar surface area (TPSA) is 114 Å². The summed E-state index contributed by atoms with van der Waals surface area (Å²) < 4.78 is 5.24. The first-order valence-electron chi connectivity index (χ1n) is 11.4. The van der Waals surface area contributed by atoms with E-state index in [1.54, 1.807) is 0 Å². The third kappa shape index (κ3) is 11.9. The van der Waals surface area contributed by atoms with E-state index in [1.165, 1.54) is 0 Å². The molecule has 0 aromatic rings. The fourth-order valence-electron chi connectivity index (χ4n) is 3.20. The molecule has 8 heteroatoms. The zero-order valence-electron chi connectivity index (χ0n) is 20.0. The van der Waals surface area contributed by atoms with Crippen LogP contribution in [0, 0.1) is 5.92 Å². The van der Waals surface area contributed by atoms with E-state index in [0.29, 0.717) is 12.7 Å². The predicted octanol–water partition coefficient (Wildman–Crippen LogP) is 3.11. The third-order valence-corrected chi connectivity index (χ3v) is 4.82. The number of carbonyl (C=O) groups is 4. The van der Waals surface area contributed by atoms with Gasteiger partial charge in [-0.15, -0.1) is 0 Å². The summed E-state index contributed by atoms with van der Waals surface area (Å²) in [5.41, 5.74) is 0.841. The summed E-state index contributed by atoms with van der Waals surface area (Å²) in [4.78, 5) is 48.8. The molecule has 0 heterocycles. The first kappa shape index (κ1) is 27.9. The average Bonchev–Trinajstić information content (AvgIpc) is 3.03. The molecule has 182 valence electrons. The Morgan fingerprint density at radius 3 is 2.45 bits per heavy atom. The van der Waals surface area contributed by atoms with Crippen molar-refractivity contribution < 1.29 is 23.9 Å². The van der Waals surface area contributed by atoms with Crippen LogP contribution < -0.4 is 16.0 Å². The van der Waals surface area contributed by atoms with Crippen LogP contribution in [0.5, 0.6) is 0 Å². The summed E-state index contributed by atoms with van der Waals surface area (Å²) in [6.45, 7) is 7.66. The van der Waals surface area contributed by atoms with Crippen LogP contribution in [0.15, 0.2) is 48.1 Å². The highest BCUT2D eigenvalue weighted by Gasteiger charge is 2.28. The molecule has 0 radical (unpaired) electrons. The van der Waals surface area contributed by atoms with Crippen molar-refractivity contribution in [2.45, 2.75) is 71.5 Å². The quantitative estimate of drug-likeness (QED) is 0.289. The summed E-state index contributed by atoms with van der Waals surface area (Å²) in [5, 5.41) is 8.11. The minimum absolute atomic E-state index is 0.0627. The number of hydrogen-bond acceptors (Lipinski definition) is 5. The van der Waals surface area contributed by atoms with Crippen LogP contribution in [0.4, 0.5) is 4.79 Å². The van der Waals surface area contributed by atoms with Gasteiger partial charge in [0.05, 0.1) is 0 Å². The maximum Gasteiger partial charge on any atom is 0.408 e. The van der Waals surface area contributed by atoms with Crippen LogP contribution in [0.1, 0.15) is 53.4 Å². The molecule has 1 aliphatic rings. The minimum atomic E-state index is -1.00. The number of allylic oxidation sites excluding steroid dienone is 5. The second-order valence-electron chi connectivity index (χ2n) is 8.33. The molecule has 0 spiro atoms. The standard InChI is InChI=1S/C25H37N3O5/c1-5-11-19(4)26-24(31)22(16-18(2)3)27-23(30)21(14-10-15-29)28-25(32)33-17-20-12-8-6-7-9-13-20/h5-8,11-13,15,18-19,21-22H,9-10,14,16-17H2,1-4H3,(H,26,31)(H,27,30)(H,28,32)/b11-5+/t19?,21?,22-/m0/s1. The van der Waals surface area contributed by atoms with Gasteiger partial charge < -0.3 is 25.5 Å². The van der Waals surface area contributed by atoms with Gasteiger partial charge in [-0.2, -0.15) is 0 Å². The molecule has 0 saturated carbocycles. The van der Waals surface area contributed by atoms with Gasteiger partial charge in [0.2, 0.25) is 11.8 Å². The Morgan fingerprint density at radius 2 is 1.79 bits per heavy atom. The molecule has 0 saturated heterocycles. The van der Waals surface area contributed by atoms with E-state index in [-0.39, 0.29) is 37.3 Å². The van der Waals surface area contributed by atoms with Crippen molar-refractivity contribution in [3.05, 3.63) is 48.1 Å². The SMILES string of the molecule is C/C=C/C(C)NC(=O)[C@H](CC(C)C)NC(=O)C(CCC=O)NC(=O)OCC1=CCC=CC=C1. The van der Waals surface area contributed by atoms with Crippen molar-refractivity contribution >= 4 is 24.2 Å². The first-order valence-corrected chi connectivity index (χ1v) is 11.4. The predicted molar refractivity (Wildman–Crippen MR) is 128 cm³/mol. The monoisotopic (exact) mass is 459 g/mol. The summed E-state index contributed by atoms with van der Waals surface area (Å²) in [6.07, 6.45) is 14.5. The van der Waals surface area contributed by atoms with Crippen molar-refractivity contribution in [1.82, 2.24) is 16.0 Å². The fraction of sp³-hybridized carbons (Fsp3) is 0.520. The molecule has 3 N–H and O–H groups in total. The van der Waals surface area contributed by atoms with Gasteiger partial charge >= 0.3 is 6.09 Å². The summed E-state index contributed by atoms with van der Waals surface area (Å²) in [7, 11) is 0. The molecule has 8 nitrogen and oxygen atoms in total. The van der Waals surface area contributed by atoms with Gasteiger partial charge in [0.1, 0.15) is 25.0 Å². The lowest BCUT2D eigenvalue weighted by Crippen LogP contribution is -2.55. The zero-order chi connectivity index (χ0) is 24.6. The Kier molecular flexibility index (Phi) is 13.2. The molecule has 0 bridgehead atoms. The molecule has 1 rings (SSSR count). The van der Waals surface area contributed by atoms with E-state index >= 15 is 0 Å². The zero-order valence-corrected chi connectivity index (χ0v) is 20.0. The van der Waals surface area contributed by atoms with Gasteiger partial charge in [-0.1, -0.05) is 56.4 Å². The Labute approximate surface area is 196 Å². The first-order chi connectivity index (χ1) is 15.8. The number of aldehydes is 1. The molecule has 33 heavy (non-hydrogen) atoms. The van der Waals surface area contributed by atoms with Crippen LogP contribution in [0.25, 0.3) is 0 Å². The van der Waals surface area contributed by atoms with Gasteiger partial charge in [-0.05, 0) is 44.6 Å². The molecule has 0 aliphatic heterocycles. The van der Waals surface area contributed by atoms with Crippen LogP contribution in [-0.2, 0) is 19.1 Å². The molecule has 2 unspecified atom stereocenters. The Morgan fingerprint density at radius 1 is 1.06 bits per heavy atom. The molecule has 1 aliphatic carbocycles. The Balaban J connectivity index is 2.78. The van der Waals surface area contributed by atoms with Gasteiger partial charge in [-0.25, -0.2) is 4.79 Å². The van der Waals surface area contributed by atoms with E-state index in [2.05, 4.69) is 16.0 Å². The van der Waals surface area contributed by atoms with Gasteiger partial charge in [0.25, 0.3) is 0 Å². The maximum absolute atomic E-state index is 12.9. The van der Waals surface area contributed by atoms with Crippen molar-refractivity contribution in [2.24, 2.45) is 5.92 Å². The number of carbonyl (C=O) groups excluding carboxylic acids is 4. The molecule has 0 aromatic heterocycles. The smallest absolute Gasteiger partial charge is 0.408 e. The summed E-state index contributed by atoms with van der Waals surface area (Å²) >= 11 is 0. The number of amides is 3. The van der Waals surface area contributed by atoms with Crippen molar-refractivity contribution in [1.29, 1.82) is 0 Å². The Hall–Kier alpha value is -3.16. The molecule has 0 aromatic carbocycles. The fourth-order valence-corrected chi connectivity index (χ4v) is 3.20. The average molecular weight is 460 g/mol. The lowest BCUT2D eigenvalue weighted by molar-refractivity contribution is -0.130. The minimum Gasteiger partial charge on any atom is -0.445 e. The van der Waals surface area contributed by atoms with Crippen LogP contribution >= 0.6 is 0 Å². The number of hydrogen-bond donors (Lipinski definition) is 3. The molecule has 3 amide bonds. The van der Waals surface area contributed by atoms with Crippen molar-refractivity contribution in [3.8, 4) is 0 Å². The van der Waals surface area contributed by atoms with E-state index in [9.17, 15) is 19.2 Å². The van der Waals surface area contributed by atoms with Gasteiger partial charge in [0, 0.05) is 12.5 Å². The Bertz CT molecular complexity index is 783. The van der Waals surface area contributed by atoms with Crippen LogP contribution in [-0.4, -0.2) is 48.9 Å². The van der Waals surface area contributed by atoms with Crippen molar-refractivity contribution in [2.75, 3.05) is 6.61 Å². The van der Waals surface area contributed by atoms with Crippen LogP contribution in [0.2, 0.25) is 0 Å². The number of alkyl carbamates (subject to hydrolysis) is 1. The highest BCUT2D eigenvalue weighted by molar-refractivity contribution is 5.91. The maximum atomic E-state index is 12.9. The van der Waals surface area contributed by atoms with E-state index < -0.39 is 24.1 Å². The van der Waals surface area contributed by atoms with Crippen LogP contribution in [0.3, 0.4) is 0 Å². The highest BCUT2D eigenvalue weighted by Crippen LogP contribution is 2.08. The van der Waals surface area contributed by atoms with E-state index in [4.69, 9.17) is 4.74 Å². The summed E-state index contributed by atoms with van der Waals surface area (Å²) in [6, 6.07) is -1.95. The lowest BCUT2D eigenvalue weighted by Gasteiger charge is -2.24.